The number of nitrogens with zero attached hydrogens (tertiary/aromatic N) is 2. The molecule has 2 heterocycles. The van der Waals surface area contributed by atoms with Gasteiger partial charge in [-0.1, -0.05) is 62.9 Å². The number of aromatic nitrogens is 2. The van der Waals surface area contributed by atoms with E-state index in [-0.39, 0.29) is 5.91 Å². The summed E-state index contributed by atoms with van der Waals surface area (Å²) >= 11 is 0. The van der Waals surface area contributed by atoms with Crippen LogP contribution in [-0.4, -0.2) is 15.3 Å². The summed E-state index contributed by atoms with van der Waals surface area (Å²) in [6.07, 6.45) is 8.23. The fourth-order valence-electron chi connectivity index (χ4n) is 3.15. The van der Waals surface area contributed by atoms with Crippen molar-refractivity contribution in [1.29, 1.82) is 0 Å². The molecule has 4 heteroatoms. The first-order valence-electron chi connectivity index (χ1n) is 9.53. The molecule has 0 saturated heterocycles. The number of amides is 1. The number of hydrogen-bond donors (Lipinski definition) is 1. The first kappa shape index (κ1) is 18.2. The van der Waals surface area contributed by atoms with Gasteiger partial charge in [0.15, 0.2) is 0 Å². The summed E-state index contributed by atoms with van der Waals surface area (Å²) in [6.45, 7) is 4.25. The lowest BCUT2D eigenvalue weighted by molar-refractivity contribution is -0.116. The number of rotatable bonds is 8. The van der Waals surface area contributed by atoms with Crippen molar-refractivity contribution in [2.45, 2.75) is 52.4 Å². The minimum atomic E-state index is 0.0565. The Kier molecular flexibility index (Phi) is 6.05. The summed E-state index contributed by atoms with van der Waals surface area (Å²) in [5, 5.41) is 3.10. The van der Waals surface area contributed by atoms with E-state index in [2.05, 4.69) is 12.2 Å². The number of pyridine rings is 1. The van der Waals surface area contributed by atoms with Crippen molar-refractivity contribution in [3.63, 3.8) is 0 Å². The van der Waals surface area contributed by atoms with E-state index >= 15 is 0 Å². The lowest BCUT2D eigenvalue weighted by Gasteiger charge is -2.08. The molecule has 0 fully saturated rings. The molecule has 2 aromatic heterocycles. The Morgan fingerprint density at radius 1 is 1.08 bits per heavy atom. The Hall–Kier alpha value is -2.62. The average Bonchev–Trinajstić information content (AvgIpc) is 2.99. The van der Waals surface area contributed by atoms with Crippen LogP contribution in [0.2, 0.25) is 0 Å². The summed E-state index contributed by atoms with van der Waals surface area (Å²) in [5.41, 5.74) is 3.82. The lowest BCUT2D eigenvalue weighted by Crippen LogP contribution is -2.13. The smallest absolute Gasteiger partial charge is 0.225 e. The second kappa shape index (κ2) is 8.65. The zero-order valence-electron chi connectivity index (χ0n) is 15.7. The maximum absolute atomic E-state index is 12.5. The van der Waals surface area contributed by atoms with Gasteiger partial charge in [0.1, 0.15) is 17.2 Å². The second-order valence-corrected chi connectivity index (χ2v) is 6.82. The van der Waals surface area contributed by atoms with Gasteiger partial charge in [-0.2, -0.15) is 0 Å². The van der Waals surface area contributed by atoms with Gasteiger partial charge in [0, 0.05) is 18.2 Å². The van der Waals surface area contributed by atoms with Crippen molar-refractivity contribution >= 4 is 17.4 Å². The Balaban J connectivity index is 1.83. The monoisotopic (exact) mass is 349 g/mol. The number of benzene rings is 1. The maximum atomic E-state index is 12.5. The van der Waals surface area contributed by atoms with E-state index in [1.54, 1.807) is 0 Å². The highest BCUT2D eigenvalue weighted by Crippen LogP contribution is 2.29. The molecular weight excluding hydrogens is 322 g/mol. The van der Waals surface area contributed by atoms with E-state index in [4.69, 9.17) is 4.98 Å². The van der Waals surface area contributed by atoms with Gasteiger partial charge in [-0.15, -0.1) is 0 Å². The van der Waals surface area contributed by atoms with Crippen LogP contribution in [0.3, 0.4) is 0 Å². The number of fused-ring (bicyclic) bond motifs is 1. The van der Waals surface area contributed by atoms with Crippen molar-refractivity contribution < 1.29 is 4.79 Å². The summed E-state index contributed by atoms with van der Waals surface area (Å²) in [5.74, 6) is 0.811. The predicted molar refractivity (Wildman–Crippen MR) is 107 cm³/mol. The van der Waals surface area contributed by atoms with Crippen LogP contribution in [0.1, 0.15) is 51.0 Å². The van der Waals surface area contributed by atoms with Gasteiger partial charge >= 0.3 is 0 Å². The van der Waals surface area contributed by atoms with Crippen molar-refractivity contribution in [1.82, 2.24) is 9.38 Å². The van der Waals surface area contributed by atoms with E-state index in [9.17, 15) is 4.79 Å². The van der Waals surface area contributed by atoms with Gasteiger partial charge in [-0.25, -0.2) is 4.98 Å². The highest BCUT2D eigenvalue weighted by Gasteiger charge is 2.16. The molecule has 0 saturated carbocycles. The molecule has 0 atom stereocenters. The van der Waals surface area contributed by atoms with E-state index in [0.717, 1.165) is 41.1 Å². The summed E-state index contributed by atoms with van der Waals surface area (Å²) < 4.78 is 1.96. The normalized spacial score (nSPS) is 11.0. The van der Waals surface area contributed by atoms with Crippen LogP contribution in [0.15, 0.2) is 48.7 Å². The molecule has 0 unspecified atom stereocenters. The molecule has 0 aliphatic carbocycles. The molecule has 26 heavy (non-hydrogen) atoms. The standard InChI is InChI=1S/C22H27N3O/c1-3-4-5-6-10-13-20(26)24-22-21(18-11-8-7-9-12-18)23-19-16-17(2)14-15-25(19)22/h7-9,11-12,14-16H,3-6,10,13H2,1-2H3,(H,24,26). The Morgan fingerprint density at radius 2 is 1.85 bits per heavy atom. The molecule has 3 rings (SSSR count). The van der Waals surface area contributed by atoms with Crippen molar-refractivity contribution in [3.8, 4) is 11.3 Å². The Labute approximate surface area is 155 Å². The number of imidazole rings is 1. The van der Waals surface area contributed by atoms with Gasteiger partial charge < -0.3 is 5.32 Å². The number of carbonyl (C=O) groups excluding carboxylic acids is 1. The highest BCUT2D eigenvalue weighted by molar-refractivity contribution is 5.94. The summed E-state index contributed by atoms with van der Waals surface area (Å²) in [6, 6.07) is 14.1. The van der Waals surface area contributed by atoms with Crippen LogP contribution in [0, 0.1) is 6.92 Å². The fourth-order valence-corrected chi connectivity index (χ4v) is 3.15. The van der Waals surface area contributed by atoms with Crippen molar-refractivity contribution in [2.75, 3.05) is 5.32 Å². The molecule has 0 aliphatic heterocycles. The first-order valence-corrected chi connectivity index (χ1v) is 9.53. The van der Waals surface area contributed by atoms with E-state index in [0.29, 0.717) is 6.42 Å². The van der Waals surface area contributed by atoms with Crippen LogP contribution in [0.4, 0.5) is 5.82 Å². The second-order valence-electron chi connectivity index (χ2n) is 6.82. The minimum absolute atomic E-state index is 0.0565. The molecule has 136 valence electrons. The number of carbonyl (C=O) groups is 1. The predicted octanol–water partition coefficient (Wildman–Crippen LogP) is 5.61. The van der Waals surface area contributed by atoms with Gasteiger partial charge in [-0.3, -0.25) is 9.20 Å². The van der Waals surface area contributed by atoms with Crippen molar-refractivity contribution in [3.05, 3.63) is 54.2 Å². The fraction of sp³-hybridized carbons (Fsp3) is 0.364. The van der Waals surface area contributed by atoms with Gasteiger partial charge in [-0.05, 0) is 31.0 Å². The third kappa shape index (κ3) is 4.31. The van der Waals surface area contributed by atoms with Crippen LogP contribution >= 0.6 is 0 Å². The summed E-state index contributed by atoms with van der Waals surface area (Å²) in [7, 11) is 0. The van der Waals surface area contributed by atoms with Crippen LogP contribution < -0.4 is 5.32 Å². The molecule has 3 aromatic rings. The molecule has 1 amide bonds. The van der Waals surface area contributed by atoms with Crippen LogP contribution in [0.5, 0.6) is 0 Å². The van der Waals surface area contributed by atoms with Gasteiger partial charge in [0.25, 0.3) is 0 Å². The first-order chi connectivity index (χ1) is 12.7. The van der Waals surface area contributed by atoms with Crippen LogP contribution in [0.25, 0.3) is 16.9 Å². The lowest BCUT2D eigenvalue weighted by atomic mass is 10.1. The zero-order valence-corrected chi connectivity index (χ0v) is 15.7. The zero-order chi connectivity index (χ0) is 18.4. The largest absolute Gasteiger partial charge is 0.310 e. The number of unbranched alkanes of at least 4 members (excludes halogenated alkanes) is 4. The topological polar surface area (TPSA) is 46.4 Å². The average molecular weight is 349 g/mol. The molecule has 0 bridgehead atoms. The number of nitrogens with one attached hydrogen (secondary N) is 1. The van der Waals surface area contributed by atoms with Gasteiger partial charge in [0.05, 0.1) is 0 Å². The van der Waals surface area contributed by atoms with E-state index < -0.39 is 0 Å². The molecule has 0 radical (unpaired) electrons. The maximum Gasteiger partial charge on any atom is 0.225 e. The van der Waals surface area contributed by atoms with E-state index in [1.807, 2.05) is 60.0 Å². The molecule has 1 N–H and O–H groups in total. The quantitative estimate of drug-likeness (QED) is 0.537. The molecular formula is C22H27N3O. The molecule has 0 spiro atoms. The van der Waals surface area contributed by atoms with Gasteiger partial charge in [0.2, 0.25) is 5.91 Å². The van der Waals surface area contributed by atoms with E-state index in [1.165, 1.54) is 19.3 Å². The summed E-state index contributed by atoms with van der Waals surface area (Å²) in [4.78, 5) is 17.3. The van der Waals surface area contributed by atoms with Crippen LogP contribution in [-0.2, 0) is 4.79 Å². The number of aryl methyl sites for hydroxylation is 1. The Morgan fingerprint density at radius 3 is 2.62 bits per heavy atom. The molecule has 4 nitrogen and oxygen atoms in total. The number of hydrogen-bond acceptors (Lipinski definition) is 2. The highest BCUT2D eigenvalue weighted by atomic mass is 16.1. The molecule has 0 aliphatic rings. The molecule has 1 aromatic carbocycles. The minimum Gasteiger partial charge on any atom is -0.310 e. The SMILES string of the molecule is CCCCCCCC(=O)Nc1c(-c2ccccc2)nc2cc(C)ccn12. The third-order valence-corrected chi connectivity index (χ3v) is 4.59. The number of anilines is 1. The Bertz CT molecular complexity index is 868. The third-order valence-electron chi connectivity index (χ3n) is 4.59. The van der Waals surface area contributed by atoms with Crippen molar-refractivity contribution in [2.24, 2.45) is 0 Å².